The molecule has 1 heterocycles. The van der Waals surface area contributed by atoms with E-state index in [1.54, 1.807) is 0 Å². The summed E-state index contributed by atoms with van der Waals surface area (Å²) >= 11 is 0. The highest BCUT2D eigenvalue weighted by atomic mass is 14.9. The maximum Gasteiger partial charge on any atom is 0.0477 e. The monoisotopic (exact) mass is 310 g/mol. The molecule has 0 fully saturated rings. The van der Waals surface area contributed by atoms with Gasteiger partial charge in [-0.2, -0.15) is 0 Å². The number of hydrogen-bond acceptors (Lipinski definition) is 2. The Morgan fingerprint density at radius 2 is 1.46 bits per heavy atom. The molecule has 1 aliphatic heterocycles. The SMILES string of the molecule is C1=c2cccc3c2=C(CC1)N/C=c1/cc2ccccc2c/c1=C/N3. The number of fused-ring (bicyclic) bond motifs is 2. The molecule has 3 aromatic rings. The topological polar surface area (TPSA) is 24.1 Å². The summed E-state index contributed by atoms with van der Waals surface area (Å²) in [6, 6.07) is 19.5. The van der Waals surface area contributed by atoms with Crippen LogP contribution < -0.4 is 31.5 Å². The van der Waals surface area contributed by atoms with Gasteiger partial charge in [0.15, 0.2) is 0 Å². The minimum atomic E-state index is 1.05. The first-order valence-electron chi connectivity index (χ1n) is 8.43. The van der Waals surface area contributed by atoms with E-state index in [2.05, 4.69) is 83.7 Å². The molecule has 0 amide bonds. The summed E-state index contributed by atoms with van der Waals surface area (Å²) in [4.78, 5) is 0. The van der Waals surface area contributed by atoms with Gasteiger partial charge in [0.25, 0.3) is 0 Å². The highest BCUT2D eigenvalue weighted by Crippen LogP contribution is 2.11. The molecule has 2 aliphatic rings. The molecule has 0 aromatic heterocycles. The number of hydrogen-bond donors (Lipinski definition) is 2. The Hall–Kier alpha value is -3.00. The molecule has 2 nitrogen and oxygen atoms in total. The number of nitrogens with one attached hydrogen (secondary N) is 2. The Labute approximate surface area is 140 Å². The van der Waals surface area contributed by atoms with Gasteiger partial charge in [-0.25, -0.2) is 0 Å². The highest BCUT2D eigenvalue weighted by molar-refractivity contribution is 5.83. The van der Waals surface area contributed by atoms with E-state index in [0.717, 1.165) is 12.8 Å². The van der Waals surface area contributed by atoms with Crippen LogP contribution in [0.2, 0.25) is 0 Å². The van der Waals surface area contributed by atoms with E-state index in [-0.39, 0.29) is 0 Å². The zero-order chi connectivity index (χ0) is 15.9. The van der Waals surface area contributed by atoms with Crippen LogP contribution in [0.5, 0.6) is 0 Å². The van der Waals surface area contributed by atoms with Crippen molar-refractivity contribution in [2.24, 2.45) is 0 Å². The van der Waals surface area contributed by atoms with Crippen LogP contribution in [0.1, 0.15) is 12.8 Å². The van der Waals surface area contributed by atoms with E-state index < -0.39 is 0 Å². The van der Waals surface area contributed by atoms with Crippen molar-refractivity contribution >= 4 is 40.6 Å². The van der Waals surface area contributed by atoms with Crippen LogP contribution >= 0.6 is 0 Å². The van der Waals surface area contributed by atoms with Crippen molar-refractivity contribution in [1.82, 2.24) is 5.32 Å². The fourth-order valence-corrected chi connectivity index (χ4v) is 3.68. The van der Waals surface area contributed by atoms with Crippen LogP contribution in [0.25, 0.3) is 34.9 Å². The lowest BCUT2D eigenvalue weighted by Gasteiger charge is -2.13. The first-order chi connectivity index (χ1) is 11.9. The third kappa shape index (κ3) is 2.11. The first kappa shape index (κ1) is 13.4. The third-order valence-electron chi connectivity index (χ3n) is 4.89. The lowest BCUT2D eigenvalue weighted by molar-refractivity contribution is 1.01. The maximum absolute atomic E-state index is 3.59. The van der Waals surface area contributed by atoms with E-state index in [4.69, 9.17) is 0 Å². The van der Waals surface area contributed by atoms with Crippen LogP contribution in [-0.4, -0.2) is 0 Å². The van der Waals surface area contributed by atoms with Crippen molar-refractivity contribution in [2.45, 2.75) is 12.8 Å². The predicted molar refractivity (Wildman–Crippen MR) is 102 cm³/mol. The van der Waals surface area contributed by atoms with Gasteiger partial charge >= 0.3 is 0 Å². The van der Waals surface area contributed by atoms with Crippen molar-refractivity contribution in [2.75, 3.05) is 5.32 Å². The van der Waals surface area contributed by atoms with Gasteiger partial charge in [-0.1, -0.05) is 42.5 Å². The van der Waals surface area contributed by atoms with E-state index in [9.17, 15) is 0 Å². The summed E-state index contributed by atoms with van der Waals surface area (Å²) in [5.74, 6) is 0. The smallest absolute Gasteiger partial charge is 0.0477 e. The highest BCUT2D eigenvalue weighted by Gasteiger charge is 2.08. The largest absolute Gasteiger partial charge is 0.364 e. The molecule has 0 saturated carbocycles. The molecule has 0 saturated heterocycles. The molecule has 5 rings (SSSR count). The third-order valence-corrected chi connectivity index (χ3v) is 4.89. The Morgan fingerprint density at radius 1 is 0.708 bits per heavy atom. The van der Waals surface area contributed by atoms with E-state index in [1.807, 2.05) is 0 Å². The molecule has 0 radical (unpaired) electrons. The minimum absolute atomic E-state index is 1.05. The summed E-state index contributed by atoms with van der Waals surface area (Å²) in [6.07, 6.45) is 8.72. The Balaban J connectivity index is 1.83. The molecule has 3 aromatic carbocycles. The molecule has 0 spiro atoms. The van der Waals surface area contributed by atoms with Crippen molar-refractivity contribution < 1.29 is 0 Å². The van der Waals surface area contributed by atoms with Gasteiger partial charge in [-0.3, -0.25) is 0 Å². The van der Waals surface area contributed by atoms with Crippen LogP contribution in [0.15, 0.2) is 54.6 Å². The first-order valence-corrected chi connectivity index (χ1v) is 8.43. The van der Waals surface area contributed by atoms with Crippen molar-refractivity contribution in [3.05, 3.63) is 75.5 Å². The molecule has 0 bridgehead atoms. The molecule has 24 heavy (non-hydrogen) atoms. The van der Waals surface area contributed by atoms with E-state index >= 15 is 0 Å². The summed E-state index contributed by atoms with van der Waals surface area (Å²) in [5, 5.41) is 14.7. The Morgan fingerprint density at radius 3 is 2.25 bits per heavy atom. The van der Waals surface area contributed by atoms with E-state index in [1.165, 1.54) is 43.0 Å². The molecule has 2 heteroatoms. The second kappa shape index (κ2) is 5.27. The summed E-state index contributed by atoms with van der Waals surface area (Å²) in [7, 11) is 0. The van der Waals surface area contributed by atoms with Gasteiger partial charge in [0.05, 0.1) is 0 Å². The Kier molecular flexibility index (Phi) is 2.95. The fourth-order valence-electron chi connectivity index (χ4n) is 3.68. The summed E-state index contributed by atoms with van der Waals surface area (Å²) in [6.45, 7) is 0. The average Bonchev–Trinajstić information content (AvgIpc) is 2.70. The molecule has 1 aliphatic carbocycles. The van der Waals surface area contributed by atoms with Gasteiger partial charge in [-0.15, -0.1) is 0 Å². The zero-order valence-corrected chi connectivity index (χ0v) is 13.3. The Bertz CT molecular complexity index is 1200. The molecular formula is C22H18N2. The number of benzene rings is 3. The normalized spacial score (nSPS) is 17.9. The summed E-state index contributed by atoms with van der Waals surface area (Å²) in [5.41, 5.74) is 2.46. The summed E-state index contributed by atoms with van der Waals surface area (Å²) < 4.78 is 0. The fraction of sp³-hybridized carbons (Fsp3) is 0.0909. The lowest BCUT2D eigenvalue weighted by atomic mass is 10.0. The van der Waals surface area contributed by atoms with Crippen molar-refractivity contribution in [3.63, 3.8) is 0 Å². The van der Waals surface area contributed by atoms with Gasteiger partial charge in [0.2, 0.25) is 0 Å². The molecule has 0 atom stereocenters. The second-order valence-corrected chi connectivity index (χ2v) is 6.40. The van der Waals surface area contributed by atoms with Gasteiger partial charge < -0.3 is 10.6 Å². The van der Waals surface area contributed by atoms with Crippen molar-refractivity contribution in [1.29, 1.82) is 0 Å². The van der Waals surface area contributed by atoms with Gasteiger partial charge in [0, 0.05) is 29.0 Å². The standard InChI is InChI=1S/C22H18N2/c1-2-6-17-12-19-14-24-21-10-4-8-15-7-3-9-20(22(15)21)23-13-18(19)11-16(17)5-1/h1-3,5-9,11-14,23-24H,4,10H2/b18-13-,19-14-. The molecule has 2 N–H and O–H groups in total. The van der Waals surface area contributed by atoms with Crippen LogP contribution in [0.3, 0.4) is 0 Å². The van der Waals surface area contributed by atoms with Crippen LogP contribution in [0.4, 0.5) is 5.69 Å². The van der Waals surface area contributed by atoms with E-state index in [0.29, 0.717) is 0 Å². The van der Waals surface area contributed by atoms with Crippen LogP contribution in [0, 0.1) is 0 Å². The molecular weight excluding hydrogens is 292 g/mol. The van der Waals surface area contributed by atoms with Crippen molar-refractivity contribution in [3.8, 4) is 0 Å². The number of rotatable bonds is 0. The quantitative estimate of drug-likeness (QED) is 0.661. The lowest BCUT2D eigenvalue weighted by Crippen LogP contribution is -2.35. The molecule has 0 unspecified atom stereocenters. The number of anilines is 1. The molecule has 116 valence electrons. The predicted octanol–water partition coefficient (Wildman–Crippen LogP) is 1.71. The second-order valence-electron chi connectivity index (χ2n) is 6.40. The van der Waals surface area contributed by atoms with Gasteiger partial charge in [0.1, 0.15) is 0 Å². The maximum atomic E-state index is 3.59. The minimum Gasteiger partial charge on any atom is -0.364 e. The van der Waals surface area contributed by atoms with Crippen LogP contribution in [-0.2, 0) is 0 Å². The average molecular weight is 310 g/mol. The van der Waals surface area contributed by atoms with Gasteiger partial charge in [-0.05, 0) is 57.5 Å². The zero-order valence-electron chi connectivity index (χ0n) is 13.3.